The summed E-state index contributed by atoms with van der Waals surface area (Å²) in [6.45, 7) is 4.67. The van der Waals surface area contributed by atoms with Crippen molar-refractivity contribution in [1.29, 1.82) is 5.26 Å². The number of nitrogens with zero attached hydrogens (tertiary/aromatic N) is 1. The lowest BCUT2D eigenvalue weighted by Crippen LogP contribution is -2.13. The minimum Gasteiger partial charge on any atom is -0.309 e. The summed E-state index contributed by atoms with van der Waals surface area (Å²) in [5.41, 5.74) is 1.18. The number of hydrogen-bond donors (Lipinski definition) is 1. The van der Waals surface area contributed by atoms with Crippen molar-refractivity contribution >= 4 is 0 Å². The Labute approximate surface area is 82.7 Å². The van der Waals surface area contributed by atoms with Crippen molar-refractivity contribution in [3.63, 3.8) is 0 Å². The Kier molecular flexibility index (Phi) is 3.84. The second-order valence-corrected chi connectivity index (χ2v) is 2.83. The van der Waals surface area contributed by atoms with Crippen LogP contribution in [0, 0.1) is 17.1 Å². The van der Waals surface area contributed by atoms with Crippen molar-refractivity contribution in [3.8, 4) is 6.07 Å². The predicted octanol–water partition coefficient (Wildman–Crippen LogP) is 1.97. The Morgan fingerprint density at radius 1 is 1.57 bits per heavy atom. The van der Waals surface area contributed by atoms with Crippen molar-refractivity contribution in [3.05, 3.63) is 47.8 Å². The van der Waals surface area contributed by atoms with Crippen molar-refractivity contribution in [1.82, 2.24) is 5.32 Å². The largest absolute Gasteiger partial charge is 0.309 e. The molecule has 72 valence electrons. The molecule has 1 N–H and O–H groups in total. The maximum absolute atomic E-state index is 12.8. The first-order chi connectivity index (χ1) is 6.77. The molecule has 1 aromatic carbocycles. The van der Waals surface area contributed by atoms with E-state index >= 15 is 0 Å². The van der Waals surface area contributed by atoms with Gasteiger partial charge in [0.1, 0.15) is 5.82 Å². The highest BCUT2D eigenvalue weighted by atomic mass is 19.1. The first kappa shape index (κ1) is 10.4. The zero-order chi connectivity index (χ0) is 10.4. The lowest BCUT2D eigenvalue weighted by atomic mass is 10.1. The number of hydrogen-bond acceptors (Lipinski definition) is 2. The summed E-state index contributed by atoms with van der Waals surface area (Å²) in [7, 11) is 0. The van der Waals surface area contributed by atoms with Gasteiger partial charge >= 0.3 is 0 Å². The second-order valence-electron chi connectivity index (χ2n) is 2.83. The van der Waals surface area contributed by atoms with Crippen LogP contribution in [0.15, 0.2) is 30.9 Å². The third-order valence-electron chi connectivity index (χ3n) is 1.79. The average molecular weight is 190 g/mol. The monoisotopic (exact) mass is 190 g/mol. The fraction of sp³-hybridized carbons (Fsp3) is 0.182. The molecule has 0 aliphatic carbocycles. The van der Waals surface area contributed by atoms with Gasteiger partial charge in [0.25, 0.3) is 0 Å². The van der Waals surface area contributed by atoms with E-state index in [1.54, 1.807) is 6.08 Å². The Hall–Kier alpha value is -1.66. The van der Waals surface area contributed by atoms with Gasteiger partial charge in [0, 0.05) is 13.1 Å². The Morgan fingerprint density at radius 2 is 2.36 bits per heavy atom. The maximum Gasteiger partial charge on any atom is 0.123 e. The van der Waals surface area contributed by atoms with E-state index in [4.69, 9.17) is 5.26 Å². The van der Waals surface area contributed by atoms with Gasteiger partial charge in [-0.25, -0.2) is 4.39 Å². The van der Waals surface area contributed by atoms with Crippen molar-refractivity contribution in [2.45, 2.75) is 6.54 Å². The second kappa shape index (κ2) is 5.15. The minimum atomic E-state index is -0.320. The van der Waals surface area contributed by atoms with Crippen LogP contribution in [-0.2, 0) is 6.54 Å². The molecule has 0 spiro atoms. The van der Waals surface area contributed by atoms with Crippen LogP contribution >= 0.6 is 0 Å². The molecule has 0 aliphatic heterocycles. The molecule has 0 unspecified atom stereocenters. The fourth-order valence-electron chi connectivity index (χ4n) is 1.13. The van der Waals surface area contributed by atoms with Gasteiger partial charge in [-0.3, -0.25) is 0 Å². The summed E-state index contributed by atoms with van der Waals surface area (Å²) in [6, 6.07) is 6.16. The summed E-state index contributed by atoms with van der Waals surface area (Å²) in [6.07, 6.45) is 1.71. The number of halogens is 1. The standard InChI is InChI=1S/C11H11FN2/c1-2-5-14-8-10-6-11(12)4-3-9(10)7-13/h2-4,6,14H,1,5,8H2. The molecule has 0 fully saturated rings. The van der Waals surface area contributed by atoms with E-state index in [1.165, 1.54) is 18.2 Å². The highest BCUT2D eigenvalue weighted by Crippen LogP contribution is 2.09. The number of benzene rings is 1. The van der Waals surface area contributed by atoms with Crippen molar-refractivity contribution < 1.29 is 4.39 Å². The molecule has 0 radical (unpaired) electrons. The van der Waals surface area contributed by atoms with E-state index in [9.17, 15) is 4.39 Å². The molecule has 0 aliphatic rings. The van der Waals surface area contributed by atoms with Crippen LogP contribution in [0.5, 0.6) is 0 Å². The van der Waals surface area contributed by atoms with Crippen molar-refractivity contribution in [2.24, 2.45) is 0 Å². The first-order valence-electron chi connectivity index (χ1n) is 4.28. The van der Waals surface area contributed by atoms with E-state index in [-0.39, 0.29) is 5.82 Å². The van der Waals surface area contributed by atoms with Gasteiger partial charge in [0.15, 0.2) is 0 Å². The molecule has 0 amide bonds. The zero-order valence-electron chi connectivity index (χ0n) is 7.76. The lowest BCUT2D eigenvalue weighted by Gasteiger charge is -2.04. The van der Waals surface area contributed by atoms with Gasteiger partial charge in [-0.2, -0.15) is 5.26 Å². The highest BCUT2D eigenvalue weighted by molar-refractivity contribution is 5.37. The molecule has 1 rings (SSSR count). The Morgan fingerprint density at radius 3 is 3.00 bits per heavy atom. The van der Waals surface area contributed by atoms with Crippen LogP contribution in [0.25, 0.3) is 0 Å². The average Bonchev–Trinajstić information content (AvgIpc) is 2.19. The van der Waals surface area contributed by atoms with Gasteiger partial charge in [-0.1, -0.05) is 6.08 Å². The first-order valence-corrected chi connectivity index (χ1v) is 4.28. The summed E-state index contributed by atoms with van der Waals surface area (Å²) < 4.78 is 12.8. The highest BCUT2D eigenvalue weighted by Gasteiger charge is 2.02. The van der Waals surface area contributed by atoms with Gasteiger partial charge < -0.3 is 5.32 Å². The molecule has 2 nitrogen and oxygen atoms in total. The molecule has 0 bridgehead atoms. The van der Waals surface area contributed by atoms with Gasteiger partial charge in [-0.05, 0) is 23.8 Å². The SMILES string of the molecule is C=CCNCc1cc(F)ccc1C#N. The van der Waals surface area contributed by atoms with E-state index in [2.05, 4.69) is 11.9 Å². The molecular weight excluding hydrogens is 179 g/mol. The molecule has 0 saturated heterocycles. The molecule has 3 heteroatoms. The molecule has 0 saturated carbocycles. The fourth-order valence-corrected chi connectivity index (χ4v) is 1.13. The minimum absolute atomic E-state index is 0.320. The summed E-state index contributed by atoms with van der Waals surface area (Å²) >= 11 is 0. The molecule has 0 aromatic heterocycles. The molecule has 1 aromatic rings. The van der Waals surface area contributed by atoms with E-state index in [0.717, 1.165) is 0 Å². The molecule has 14 heavy (non-hydrogen) atoms. The van der Waals surface area contributed by atoms with Crippen molar-refractivity contribution in [2.75, 3.05) is 6.54 Å². The molecule has 0 atom stereocenters. The van der Waals surface area contributed by atoms with Crippen LogP contribution in [0.2, 0.25) is 0 Å². The topological polar surface area (TPSA) is 35.8 Å². The lowest BCUT2D eigenvalue weighted by molar-refractivity contribution is 0.622. The van der Waals surface area contributed by atoms with Crippen LogP contribution in [0.4, 0.5) is 4.39 Å². The number of nitrogens with one attached hydrogen (secondary N) is 1. The van der Waals surface area contributed by atoms with Crippen LogP contribution in [0.1, 0.15) is 11.1 Å². The third-order valence-corrected chi connectivity index (χ3v) is 1.79. The summed E-state index contributed by atoms with van der Waals surface area (Å²) in [4.78, 5) is 0. The smallest absolute Gasteiger partial charge is 0.123 e. The Bertz CT molecular complexity index is 366. The predicted molar refractivity (Wildman–Crippen MR) is 53.0 cm³/mol. The van der Waals surface area contributed by atoms with Crippen LogP contribution in [0.3, 0.4) is 0 Å². The molecular formula is C11H11FN2. The Balaban J connectivity index is 2.78. The van der Waals surface area contributed by atoms with E-state index in [0.29, 0.717) is 24.2 Å². The van der Waals surface area contributed by atoms with E-state index in [1.807, 2.05) is 6.07 Å². The van der Waals surface area contributed by atoms with E-state index < -0.39 is 0 Å². The van der Waals surface area contributed by atoms with Gasteiger partial charge in [0.05, 0.1) is 11.6 Å². The normalized spacial score (nSPS) is 9.43. The van der Waals surface area contributed by atoms with Gasteiger partial charge in [0.2, 0.25) is 0 Å². The number of rotatable bonds is 4. The number of nitriles is 1. The van der Waals surface area contributed by atoms with Gasteiger partial charge in [-0.15, -0.1) is 6.58 Å². The third kappa shape index (κ3) is 2.68. The quantitative estimate of drug-likeness (QED) is 0.582. The summed E-state index contributed by atoms with van der Waals surface area (Å²) in [5, 5.41) is 11.8. The maximum atomic E-state index is 12.8. The van der Waals surface area contributed by atoms with Crippen LogP contribution < -0.4 is 5.32 Å². The zero-order valence-corrected chi connectivity index (χ0v) is 7.76. The summed E-state index contributed by atoms with van der Waals surface area (Å²) in [5.74, 6) is -0.320. The molecule has 0 heterocycles. The van der Waals surface area contributed by atoms with Crippen LogP contribution in [-0.4, -0.2) is 6.54 Å².